The molecule has 0 fully saturated rings. The van der Waals surface area contributed by atoms with Crippen LogP contribution in [0.15, 0.2) is 17.0 Å². The van der Waals surface area contributed by atoms with E-state index in [-0.39, 0.29) is 21.0 Å². The van der Waals surface area contributed by atoms with Crippen LogP contribution in [0.5, 0.6) is 0 Å². The van der Waals surface area contributed by atoms with Gasteiger partial charge in [-0.1, -0.05) is 36.2 Å². The van der Waals surface area contributed by atoms with Gasteiger partial charge in [0.1, 0.15) is 4.90 Å². The molecular formula is C11H14Cl2N2O2S. The van der Waals surface area contributed by atoms with E-state index in [4.69, 9.17) is 23.2 Å². The number of sulfonamides is 1. The highest BCUT2D eigenvalue weighted by Gasteiger charge is 2.37. The van der Waals surface area contributed by atoms with Crippen molar-refractivity contribution in [1.29, 1.82) is 0 Å². The molecule has 0 radical (unpaired) electrons. The highest BCUT2D eigenvalue weighted by molar-refractivity contribution is 7.89. The summed E-state index contributed by atoms with van der Waals surface area (Å²) in [4.78, 5) is 0.129. The lowest BCUT2D eigenvalue weighted by molar-refractivity contribution is 0.262. The molecule has 2 rings (SSSR count). The quantitative estimate of drug-likeness (QED) is 0.914. The summed E-state index contributed by atoms with van der Waals surface area (Å²) in [6.07, 6.45) is 0.761. The standard InChI is InChI=1S/C11H14Cl2N2O2S/c1-3-9-7-5-6-8(12)10(13)11(7)18(16,17)15(4-2)14-9/h5-6,9,14H,3-4H2,1-2H3. The van der Waals surface area contributed by atoms with Gasteiger partial charge in [-0.05, 0) is 25.0 Å². The summed E-state index contributed by atoms with van der Waals surface area (Å²) in [5.74, 6) is 0. The predicted octanol–water partition coefficient (Wildman–Crippen LogP) is 2.97. The van der Waals surface area contributed by atoms with Gasteiger partial charge in [-0.15, -0.1) is 4.41 Å². The Morgan fingerprint density at radius 1 is 1.33 bits per heavy atom. The first-order valence-electron chi connectivity index (χ1n) is 5.70. The molecule has 1 aromatic carbocycles. The SMILES string of the molecule is CCC1NN(CC)S(=O)(=O)c2c1ccc(Cl)c2Cl. The Labute approximate surface area is 117 Å². The van der Waals surface area contributed by atoms with E-state index >= 15 is 0 Å². The molecule has 1 heterocycles. The lowest BCUT2D eigenvalue weighted by atomic mass is 10.1. The maximum Gasteiger partial charge on any atom is 0.257 e. The zero-order valence-corrected chi connectivity index (χ0v) is 12.4. The van der Waals surface area contributed by atoms with E-state index < -0.39 is 10.0 Å². The summed E-state index contributed by atoms with van der Waals surface area (Å²) < 4.78 is 26.0. The van der Waals surface area contributed by atoms with Crippen molar-refractivity contribution in [1.82, 2.24) is 9.84 Å². The second-order valence-electron chi connectivity index (χ2n) is 4.04. The van der Waals surface area contributed by atoms with E-state index in [9.17, 15) is 8.42 Å². The summed E-state index contributed by atoms with van der Waals surface area (Å²) in [7, 11) is -3.62. The van der Waals surface area contributed by atoms with Crippen LogP contribution in [0.3, 0.4) is 0 Å². The van der Waals surface area contributed by atoms with Crippen LogP contribution in [0.4, 0.5) is 0 Å². The van der Waals surface area contributed by atoms with Crippen LogP contribution in [0.1, 0.15) is 31.9 Å². The van der Waals surface area contributed by atoms with Crippen LogP contribution in [0.2, 0.25) is 10.0 Å². The monoisotopic (exact) mass is 308 g/mol. The molecule has 0 bridgehead atoms. The van der Waals surface area contributed by atoms with Crippen LogP contribution < -0.4 is 5.43 Å². The third kappa shape index (κ3) is 2.04. The van der Waals surface area contributed by atoms with Gasteiger partial charge < -0.3 is 0 Å². The number of fused-ring (bicyclic) bond motifs is 1. The maximum atomic E-state index is 12.4. The van der Waals surface area contributed by atoms with Crippen molar-refractivity contribution in [2.75, 3.05) is 6.54 Å². The van der Waals surface area contributed by atoms with Crippen molar-refractivity contribution < 1.29 is 8.42 Å². The molecule has 18 heavy (non-hydrogen) atoms. The van der Waals surface area contributed by atoms with E-state index in [0.29, 0.717) is 12.1 Å². The van der Waals surface area contributed by atoms with Crippen LogP contribution in [-0.4, -0.2) is 19.4 Å². The maximum absolute atomic E-state index is 12.4. The van der Waals surface area contributed by atoms with Gasteiger partial charge in [-0.25, -0.2) is 13.8 Å². The van der Waals surface area contributed by atoms with Crippen molar-refractivity contribution in [3.05, 3.63) is 27.7 Å². The molecule has 1 aliphatic rings. The van der Waals surface area contributed by atoms with Crippen molar-refractivity contribution in [2.24, 2.45) is 0 Å². The molecule has 0 aliphatic carbocycles. The number of hydrogen-bond acceptors (Lipinski definition) is 3. The Balaban J connectivity index is 2.74. The zero-order chi connectivity index (χ0) is 13.5. The minimum absolute atomic E-state index is 0.0711. The highest BCUT2D eigenvalue weighted by Crippen LogP contribution is 2.40. The summed E-state index contributed by atoms with van der Waals surface area (Å²) in [5, 5.41) is 0.361. The van der Waals surface area contributed by atoms with Gasteiger partial charge in [0.2, 0.25) is 0 Å². The molecule has 0 spiro atoms. The normalized spacial score (nSPS) is 22.8. The first-order valence-corrected chi connectivity index (χ1v) is 7.89. The predicted molar refractivity (Wildman–Crippen MR) is 72.2 cm³/mol. The molecule has 7 heteroatoms. The van der Waals surface area contributed by atoms with Crippen molar-refractivity contribution in [3.8, 4) is 0 Å². The Hall–Kier alpha value is -0.330. The average molecular weight is 309 g/mol. The van der Waals surface area contributed by atoms with Gasteiger partial charge in [0.15, 0.2) is 0 Å². The Morgan fingerprint density at radius 3 is 2.56 bits per heavy atom. The number of benzene rings is 1. The second-order valence-corrected chi connectivity index (χ2v) is 6.62. The molecule has 1 unspecified atom stereocenters. The third-order valence-electron chi connectivity index (χ3n) is 3.00. The van der Waals surface area contributed by atoms with E-state index in [2.05, 4.69) is 5.43 Å². The van der Waals surface area contributed by atoms with Gasteiger partial charge >= 0.3 is 0 Å². The topological polar surface area (TPSA) is 49.4 Å². The molecule has 0 aromatic heterocycles. The third-order valence-corrected chi connectivity index (χ3v) is 5.82. The van der Waals surface area contributed by atoms with Gasteiger partial charge in [-0.3, -0.25) is 0 Å². The molecule has 1 atom stereocenters. The van der Waals surface area contributed by atoms with Gasteiger partial charge in [0.25, 0.3) is 10.0 Å². The lowest BCUT2D eigenvalue weighted by Gasteiger charge is -2.34. The minimum atomic E-state index is -3.62. The van der Waals surface area contributed by atoms with Gasteiger partial charge in [-0.2, -0.15) is 0 Å². The van der Waals surface area contributed by atoms with Crippen molar-refractivity contribution >= 4 is 33.2 Å². The lowest BCUT2D eigenvalue weighted by Crippen LogP contribution is -2.48. The second kappa shape index (κ2) is 4.98. The van der Waals surface area contributed by atoms with Crippen LogP contribution >= 0.6 is 23.2 Å². The van der Waals surface area contributed by atoms with E-state index in [1.807, 2.05) is 6.92 Å². The number of hydrazine groups is 1. The summed E-state index contributed by atoms with van der Waals surface area (Å²) in [5.41, 5.74) is 3.67. The first kappa shape index (κ1) is 14.1. The number of hydrogen-bond donors (Lipinski definition) is 1. The number of halogens is 2. The molecule has 1 aliphatic heterocycles. The minimum Gasteiger partial charge on any atom is -0.234 e. The van der Waals surface area contributed by atoms with Gasteiger partial charge in [0.05, 0.1) is 10.0 Å². The fourth-order valence-electron chi connectivity index (χ4n) is 2.08. The Bertz CT molecular complexity index is 575. The number of nitrogens with one attached hydrogen (secondary N) is 1. The fourth-order valence-corrected chi connectivity index (χ4v) is 4.43. The molecule has 4 nitrogen and oxygen atoms in total. The van der Waals surface area contributed by atoms with Crippen LogP contribution in [0.25, 0.3) is 0 Å². The van der Waals surface area contributed by atoms with Crippen LogP contribution in [0, 0.1) is 0 Å². The smallest absolute Gasteiger partial charge is 0.234 e. The largest absolute Gasteiger partial charge is 0.257 e. The molecular weight excluding hydrogens is 295 g/mol. The molecule has 1 aromatic rings. The van der Waals surface area contributed by atoms with E-state index in [1.165, 1.54) is 4.41 Å². The first-order chi connectivity index (χ1) is 8.43. The van der Waals surface area contributed by atoms with Crippen LogP contribution in [-0.2, 0) is 10.0 Å². The number of nitrogens with zero attached hydrogens (tertiary/aromatic N) is 1. The number of rotatable bonds is 2. The fraction of sp³-hybridized carbons (Fsp3) is 0.455. The zero-order valence-electron chi connectivity index (χ0n) is 10.1. The Kier molecular flexibility index (Phi) is 3.90. The van der Waals surface area contributed by atoms with Crippen molar-refractivity contribution in [2.45, 2.75) is 31.2 Å². The summed E-state index contributed by atoms with van der Waals surface area (Å²) in [6.45, 7) is 4.08. The van der Waals surface area contributed by atoms with Gasteiger partial charge in [0, 0.05) is 12.6 Å². The summed E-state index contributed by atoms with van der Waals surface area (Å²) >= 11 is 12.0. The highest BCUT2D eigenvalue weighted by atomic mass is 35.5. The molecule has 100 valence electrons. The summed E-state index contributed by atoms with van der Waals surface area (Å²) in [6, 6.07) is 3.28. The molecule has 1 N–H and O–H groups in total. The van der Waals surface area contributed by atoms with E-state index in [0.717, 1.165) is 6.42 Å². The average Bonchev–Trinajstić information content (AvgIpc) is 2.33. The van der Waals surface area contributed by atoms with E-state index in [1.54, 1.807) is 19.1 Å². The van der Waals surface area contributed by atoms with Crippen molar-refractivity contribution in [3.63, 3.8) is 0 Å². The molecule has 0 saturated carbocycles. The Morgan fingerprint density at radius 2 is 2.00 bits per heavy atom. The molecule has 0 saturated heterocycles. The molecule has 0 amide bonds.